The van der Waals surface area contributed by atoms with E-state index in [4.69, 9.17) is 0 Å². The lowest BCUT2D eigenvalue weighted by Crippen LogP contribution is -2.44. The van der Waals surface area contributed by atoms with E-state index in [1.165, 1.54) is 12.1 Å². The zero-order valence-corrected chi connectivity index (χ0v) is 15.1. The Labute approximate surface area is 151 Å². The number of nitrogens with one attached hydrogen (secondary N) is 2. The molecule has 26 heavy (non-hydrogen) atoms. The third kappa shape index (κ3) is 6.78. The van der Waals surface area contributed by atoms with Crippen molar-refractivity contribution in [2.75, 3.05) is 6.54 Å². The molecule has 2 aromatic rings. The number of hydrogen-bond donors (Lipinski definition) is 2. The first-order valence-electron chi connectivity index (χ1n) is 8.06. The molecule has 1 atom stereocenters. The van der Waals surface area contributed by atoms with Gasteiger partial charge in [-0.25, -0.2) is 13.1 Å². The van der Waals surface area contributed by atoms with Crippen LogP contribution in [0, 0.1) is 6.92 Å². The molecular weight excluding hydrogens is 365 g/mol. The molecule has 0 aliphatic heterocycles. The maximum atomic E-state index is 12.8. The third-order valence-electron chi connectivity index (χ3n) is 3.69. The highest BCUT2D eigenvalue weighted by Crippen LogP contribution is 2.22. The van der Waals surface area contributed by atoms with Crippen molar-refractivity contribution in [1.29, 1.82) is 0 Å². The standard InChI is InChI=1S/C18H21F3N2O2S/c1-14-7-9-17(10-8-14)26(24,25)23-16(11-18(19,20)21)13-22-12-15-5-3-2-4-6-15/h2-10,16,22-23H,11-13H2,1H3. The van der Waals surface area contributed by atoms with E-state index in [2.05, 4.69) is 10.0 Å². The van der Waals surface area contributed by atoms with Gasteiger partial charge in [-0.1, -0.05) is 48.0 Å². The van der Waals surface area contributed by atoms with Gasteiger partial charge in [0, 0.05) is 19.1 Å². The summed E-state index contributed by atoms with van der Waals surface area (Å²) in [6, 6.07) is 13.8. The van der Waals surface area contributed by atoms with Crippen molar-refractivity contribution in [2.24, 2.45) is 0 Å². The van der Waals surface area contributed by atoms with Gasteiger partial charge in [-0.2, -0.15) is 13.2 Å². The monoisotopic (exact) mass is 386 g/mol. The summed E-state index contributed by atoms with van der Waals surface area (Å²) < 4.78 is 65.4. The minimum absolute atomic E-state index is 0.0571. The van der Waals surface area contributed by atoms with Crippen LogP contribution in [0.4, 0.5) is 13.2 Å². The fraction of sp³-hybridized carbons (Fsp3) is 0.333. The fourth-order valence-electron chi connectivity index (χ4n) is 2.43. The van der Waals surface area contributed by atoms with Gasteiger partial charge < -0.3 is 5.32 Å². The lowest BCUT2D eigenvalue weighted by molar-refractivity contribution is -0.138. The maximum Gasteiger partial charge on any atom is 0.390 e. The number of sulfonamides is 1. The topological polar surface area (TPSA) is 58.2 Å². The average Bonchev–Trinajstić information content (AvgIpc) is 2.54. The van der Waals surface area contributed by atoms with E-state index in [1.807, 2.05) is 30.3 Å². The molecule has 0 fully saturated rings. The highest BCUT2D eigenvalue weighted by atomic mass is 32.2. The van der Waals surface area contributed by atoms with Gasteiger partial charge in [-0.05, 0) is 24.6 Å². The van der Waals surface area contributed by atoms with E-state index >= 15 is 0 Å². The second-order valence-electron chi connectivity index (χ2n) is 6.07. The molecule has 0 saturated heterocycles. The van der Waals surface area contributed by atoms with Crippen LogP contribution < -0.4 is 10.0 Å². The summed E-state index contributed by atoms with van der Waals surface area (Å²) in [5, 5.41) is 2.88. The van der Waals surface area contributed by atoms with Crippen molar-refractivity contribution < 1.29 is 21.6 Å². The largest absolute Gasteiger partial charge is 0.390 e. The van der Waals surface area contributed by atoms with Gasteiger partial charge in [0.15, 0.2) is 0 Å². The second kappa shape index (κ2) is 8.66. The zero-order valence-electron chi connectivity index (χ0n) is 14.3. The first-order chi connectivity index (χ1) is 12.2. The molecule has 1 unspecified atom stereocenters. The van der Waals surface area contributed by atoms with Crippen LogP contribution in [0.2, 0.25) is 0 Å². The molecule has 0 aromatic heterocycles. The van der Waals surface area contributed by atoms with E-state index in [9.17, 15) is 21.6 Å². The molecule has 0 aliphatic carbocycles. The molecule has 142 valence electrons. The molecule has 0 amide bonds. The summed E-state index contributed by atoms with van der Waals surface area (Å²) in [6.07, 6.45) is -5.73. The molecule has 2 rings (SSSR count). The Bertz CT molecular complexity index is 791. The highest BCUT2D eigenvalue weighted by molar-refractivity contribution is 7.89. The molecule has 0 heterocycles. The molecule has 0 spiro atoms. The Balaban J connectivity index is 2.05. The summed E-state index contributed by atoms with van der Waals surface area (Å²) >= 11 is 0. The maximum absolute atomic E-state index is 12.8. The van der Waals surface area contributed by atoms with Crippen molar-refractivity contribution in [3.8, 4) is 0 Å². The lowest BCUT2D eigenvalue weighted by Gasteiger charge is -2.21. The number of halogens is 3. The van der Waals surface area contributed by atoms with Gasteiger partial charge >= 0.3 is 6.18 Å². The Morgan fingerprint density at radius 2 is 1.62 bits per heavy atom. The van der Waals surface area contributed by atoms with Crippen LogP contribution in [-0.4, -0.2) is 27.2 Å². The van der Waals surface area contributed by atoms with E-state index in [-0.39, 0.29) is 11.4 Å². The predicted octanol–water partition coefficient (Wildman–Crippen LogP) is 3.38. The van der Waals surface area contributed by atoms with Crippen molar-refractivity contribution >= 4 is 10.0 Å². The van der Waals surface area contributed by atoms with Crippen molar-refractivity contribution in [1.82, 2.24) is 10.0 Å². The summed E-state index contributed by atoms with van der Waals surface area (Å²) in [7, 11) is -4.03. The van der Waals surface area contributed by atoms with Crippen LogP contribution in [0.25, 0.3) is 0 Å². The molecule has 0 saturated carbocycles. The molecule has 0 radical (unpaired) electrons. The van der Waals surface area contributed by atoms with E-state index in [0.717, 1.165) is 11.1 Å². The van der Waals surface area contributed by atoms with E-state index in [0.29, 0.717) is 6.54 Å². The quantitative estimate of drug-likeness (QED) is 0.731. The van der Waals surface area contributed by atoms with E-state index in [1.54, 1.807) is 19.1 Å². The van der Waals surface area contributed by atoms with Gasteiger partial charge in [0.1, 0.15) is 0 Å². The minimum atomic E-state index is -4.48. The van der Waals surface area contributed by atoms with E-state index < -0.39 is 28.7 Å². The summed E-state index contributed by atoms with van der Waals surface area (Å²) in [6.45, 7) is 2.00. The van der Waals surface area contributed by atoms with Gasteiger partial charge in [0.05, 0.1) is 11.3 Å². The molecule has 8 heteroatoms. The second-order valence-corrected chi connectivity index (χ2v) is 7.78. The van der Waals surface area contributed by atoms with Crippen LogP contribution >= 0.6 is 0 Å². The van der Waals surface area contributed by atoms with Gasteiger partial charge in [0.2, 0.25) is 10.0 Å². The summed E-state index contributed by atoms with van der Waals surface area (Å²) in [4.78, 5) is -0.0571. The van der Waals surface area contributed by atoms with Crippen LogP contribution in [0.1, 0.15) is 17.5 Å². The van der Waals surface area contributed by atoms with Gasteiger partial charge in [-0.15, -0.1) is 0 Å². The van der Waals surface area contributed by atoms with Gasteiger partial charge in [0.25, 0.3) is 0 Å². The van der Waals surface area contributed by atoms with Crippen LogP contribution in [0.3, 0.4) is 0 Å². The van der Waals surface area contributed by atoms with Crippen LogP contribution in [0.5, 0.6) is 0 Å². The Morgan fingerprint density at radius 3 is 2.19 bits per heavy atom. The SMILES string of the molecule is Cc1ccc(S(=O)(=O)NC(CNCc2ccccc2)CC(F)(F)F)cc1. The molecule has 2 aromatic carbocycles. The molecule has 0 bridgehead atoms. The molecular formula is C18H21F3N2O2S. The average molecular weight is 386 g/mol. The first-order valence-corrected chi connectivity index (χ1v) is 9.54. The zero-order chi connectivity index (χ0) is 19.2. The number of alkyl halides is 3. The molecule has 0 aliphatic rings. The summed E-state index contributed by atoms with van der Waals surface area (Å²) in [5.41, 5.74) is 1.76. The Kier molecular flexibility index (Phi) is 6.80. The smallest absolute Gasteiger partial charge is 0.311 e. The fourth-order valence-corrected chi connectivity index (χ4v) is 3.66. The number of aryl methyl sites for hydroxylation is 1. The highest BCUT2D eigenvalue weighted by Gasteiger charge is 2.34. The lowest BCUT2D eigenvalue weighted by atomic mass is 10.2. The third-order valence-corrected chi connectivity index (χ3v) is 5.23. The normalized spacial score (nSPS) is 13.5. The van der Waals surface area contributed by atoms with Crippen molar-refractivity contribution in [3.05, 3.63) is 65.7 Å². The van der Waals surface area contributed by atoms with Crippen molar-refractivity contribution in [3.63, 3.8) is 0 Å². The van der Waals surface area contributed by atoms with Crippen molar-refractivity contribution in [2.45, 2.75) is 37.0 Å². The number of rotatable bonds is 8. The molecule has 2 N–H and O–H groups in total. The Morgan fingerprint density at radius 1 is 1.00 bits per heavy atom. The number of benzene rings is 2. The minimum Gasteiger partial charge on any atom is -0.311 e. The van der Waals surface area contributed by atoms with Crippen LogP contribution in [-0.2, 0) is 16.6 Å². The number of hydrogen-bond acceptors (Lipinski definition) is 3. The predicted molar refractivity (Wildman–Crippen MR) is 94.1 cm³/mol. The molecule has 4 nitrogen and oxygen atoms in total. The summed E-state index contributed by atoms with van der Waals surface area (Å²) in [5.74, 6) is 0. The Hall–Kier alpha value is -1.90. The van der Waals surface area contributed by atoms with Crippen LogP contribution in [0.15, 0.2) is 59.5 Å². The first kappa shape index (κ1) is 20.4. The van der Waals surface area contributed by atoms with Gasteiger partial charge in [-0.3, -0.25) is 0 Å².